The first-order chi connectivity index (χ1) is 12.0. The molecule has 0 saturated heterocycles. The largest absolute Gasteiger partial charge is 0.504 e. The predicted octanol–water partition coefficient (Wildman–Crippen LogP) is 0.781. The van der Waals surface area contributed by atoms with E-state index in [1.807, 2.05) is 0 Å². The molecule has 1 atom stereocenters. The number of phenols is 1. The Bertz CT molecular complexity index is 825. The van der Waals surface area contributed by atoms with Gasteiger partial charge in [-0.05, 0) is 18.1 Å². The topological polar surface area (TPSA) is 108 Å². The van der Waals surface area contributed by atoms with Crippen LogP contribution in [0.25, 0.3) is 5.69 Å². The highest BCUT2D eigenvalue weighted by Crippen LogP contribution is 2.42. The average molecular weight is 352 g/mol. The van der Waals surface area contributed by atoms with E-state index in [4.69, 9.17) is 0 Å². The number of benzene rings is 1. The Labute approximate surface area is 140 Å². The molecular formula is C15H14F2N4O4. The Kier molecular flexibility index (Phi) is 4.36. The summed E-state index contributed by atoms with van der Waals surface area (Å²) in [6.45, 7) is -1.11. The van der Waals surface area contributed by atoms with E-state index in [1.165, 1.54) is 23.3 Å². The molecule has 132 valence electrons. The number of phenolic OH excluding ortho intramolecular Hbond substituents is 1. The van der Waals surface area contributed by atoms with Gasteiger partial charge in [0.05, 0.1) is 6.33 Å². The number of aromatic hydroxyl groups is 1. The van der Waals surface area contributed by atoms with Crippen LogP contribution in [-0.4, -0.2) is 44.9 Å². The second-order valence-electron chi connectivity index (χ2n) is 5.40. The molecule has 8 nitrogen and oxygen atoms in total. The van der Waals surface area contributed by atoms with Crippen LogP contribution in [0.15, 0.2) is 24.8 Å². The van der Waals surface area contributed by atoms with Crippen molar-refractivity contribution in [2.75, 3.05) is 18.2 Å². The van der Waals surface area contributed by atoms with E-state index in [0.717, 1.165) is 11.1 Å². The number of hydrazine groups is 1. The van der Waals surface area contributed by atoms with Crippen molar-refractivity contribution in [1.29, 1.82) is 0 Å². The van der Waals surface area contributed by atoms with Gasteiger partial charge >= 0.3 is 5.97 Å². The molecule has 2 aromatic rings. The van der Waals surface area contributed by atoms with Gasteiger partial charge in [-0.15, -0.1) is 0 Å². The molecule has 2 heterocycles. The standard InChI is InChI=1S/C15H14F2N4O4/c16-1-2-19-21-11-8(5-9(14(21)23)15(24)25)6-10(17)12(13(11)22)20-4-3-18-7-20/h3-4,6-7,9,19,22H,1-2,5H2,(H,24,25). The number of carboxylic acid groups (broad SMARTS) is 1. The molecule has 3 N–H and O–H groups in total. The van der Waals surface area contributed by atoms with Crippen molar-refractivity contribution in [1.82, 2.24) is 15.0 Å². The third-order valence-electron chi connectivity index (χ3n) is 3.87. The zero-order chi connectivity index (χ0) is 18.1. The second kappa shape index (κ2) is 6.48. The molecule has 0 spiro atoms. The lowest BCUT2D eigenvalue weighted by Crippen LogP contribution is -2.52. The van der Waals surface area contributed by atoms with Gasteiger partial charge in [0.2, 0.25) is 0 Å². The highest BCUT2D eigenvalue weighted by molar-refractivity contribution is 6.08. The van der Waals surface area contributed by atoms with Crippen molar-refractivity contribution in [2.24, 2.45) is 5.92 Å². The van der Waals surface area contributed by atoms with E-state index in [9.17, 15) is 28.6 Å². The number of nitrogens with one attached hydrogen (secondary N) is 1. The molecule has 0 aliphatic carbocycles. The Hall–Kier alpha value is -3.01. The van der Waals surface area contributed by atoms with Crippen molar-refractivity contribution >= 4 is 17.6 Å². The van der Waals surface area contributed by atoms with Gasteiger partial charge in [0.1, 0.15) is 24.0 Å². The van der Waals surface area contributed by atoms with Gasteiger partial charge in [0.25, 0.3) is 5.91 Å². The van der Waals surface area contributed by atoms with Crippen LogP contribution in [0.5, 0.6) is 5.75 Å². The summed E-state index contributed by atoms with van der Waals surface area (Å²) in [6, 6.07) is 1.05. The van der Waals surface area contributed by atoms with Crippen molar-refractivity contribution in [3.8, 4) is 11.4 Å². The van der Waals surface area contributed by atoms with E-state index in [2.05, 4.69) is 10.4 Å². The molecule has 0 saturated carbocycles. The van der Waals surface area contributed by atoms with Gasteiger partial charge in [0.15, 0.2) is 11.6 Å². The van der Waals surface area contributed by atoms with Crippen LogP contribution in [0.1, 0.15) is 5.56 Å². The number of rotatable bonds is 5. The first-order valence-corrected chi connectivity index (χ1v) is 7.34. The maximum atomic E-state index is 14.5. The number of fused-ring (bicyclic) bond motifs is 1. The van der Waals surface area contributed by atoms with Crippen LogP contribution in [-0.2, 0) is 16.0 Å². The van der Waals surface area contributed by atoms with E-state index in [-0.39, 0.29) is 29.9 Å². The van der Waals surface area contributed by atoms with Gasteiger partial charge in [-0.3, -0.25) is 9.59 Å². The molecule has 25 heavy (non-hydrogen) atoms. The highest BCUT2D eigenvalue weighted by atomic mass is 19.1. The van der Waals surface area contributed by atoms with E-state index in [1.54, 1.807) is 0 Å². The zero-order valence-electron chi connectivity index (χ0n) is 12.8. The molecule has 1 unspecified atom stereocenters. The van der Waals surface area contributed by atoms with Crippen LogP contribution < -0.4 is 10.4 Å². The van der Waals surface area contributed by atoms with E-state index >= 15 is 0 Å². The lowest BCUT2D eigenvalue weighted by Gasteiger charge is -2.33. The number of anilines is 1. The number of aliphatic carboxylic acids is 1. The number of hydrogen-bond acceptors (Lipinski definition) is 5. The molecule has 1 aromatic carbocycles. The molecule has 0 radical (unpaired) electrons. The maximum absolute atomic E-state index is 14.5. The number of nitrogens with zero attached hydrogens (tertiary/aromatic N) is 3. The number of carbonyl (C=O) groups is 2. The lowest BCUT2D eigenvalue weighted by atomic mass is 9.91. The molecule has 1 aromatic heterocycles. The highest BCUT2D eigenvalue weighted by Gasteiger charge is 2.40. The van der Waals surface area contributed by atoms with Crippen LogP contribution in [0.4, 0.5) is 14.5 Å². The fourth-order valence-electron chi connectivity index (χ4n) is 2.79. The smallest absolute Gasteiger partial charge is 0.316 e. The molecule has 0 bridgehead atoms. The Morgan fingerprint density at radius 1 is 1.44 bits per heavy atom. The summed E-state index contributed by atoms with van der Waals surface area (Å²) in [6.07, 6.45) is 3.75. The first kappa shape index (κ1) is 16.8. The maximum Gasteiger partial charge on any atom is 0.316 e. The van der Waals surface area contributed by atoms with Gasteiger partial charge in [-0.25, -0.2) is 24.2 Å². The van der Waals surface area contributed by atoms with Crippen LogP contribution in [0, 0.1) is 11.7 Å². The third kappa shape index (κ3) is 2.80. The van der Waals surface area contributed by atoms with E-state index in [0.29, 0.717) is 0 Å². The predicted molar refractivity (Wildman–Crippen MR) is 81.5 cm³/mol. The summed E-state index contributed by atoms with van der Waals surface area (Å²) >= 11 is 0. The SMILES string of the molecule is O=C(O)C1Cc2cc(F)c(-n3ccnc3)c(O)c2N(NCCF)C1=O. The zero-order valence-corrected chi connectivity index (χ0v) is 12.8. The average Bonchev–Trinajstić information content (AvgIpc) is 3.07. The fourth-order valence-corrected chi connectivity index (χ4v) is 2.79. The minimum Gasteiger partial charge on any atom is -0.504 e. The molecular weight excluding hydrogens is 338 g/mol. The number of aromatic nitrogens is 2. The monoisotopic (exact) mass is 352 g/mol. The van der Waals surface area contributed by atoms with Gasteiger partial charge in [0, 0.05) is 18.9 Å². The number of amides is 1. The minimum absolute atomic E-state index is 0.0962. The molecule has 1 aliphatic heterocycles. The summed E-state index contributed by atoms with van der Waals surface area (Å²) in [5, 5.41) is 20.5. The van der Waals surface area contributed by atoms with Crippen LogP contribution >= 0.6 is 0 Å². The summed E-state index contributed by atoms with van der Waals surface area (Å²) in [5.74, 6) is -5.10. The molecule has 1 amide bonds. The quantitative estimate of drug-likeness (QED) is 0.687. The Morgan fingerprint density at radius 2 is 2.20 bits per heavy atom. The molecule has 1 aliphatic rings. The van der Waals surface area contributed by atoms with Gasteiger partial charge in [-0.1, -0.05) is 0 Å². The van der Waals surface area contributed by atoms with Crippen molar-refractivity contribution in [2.45, 2.75) is 6.42 Å². The normalized spacial score (nSPS) is 16.8. The van der Waals surface area contributed by atoms with Crippen molar-refractivity contribution in [3.63, 3.8) is 0 Å². The molecule has 3 rings (SSSR count). The number of carbonyl (C=O) groups excluding carboxylic acids is 1. The molecule has 10 heteroatoms. The number of carboxylic acids is 1. The number of imidazole rings is 1. The Morgan fingerprint density at radius 3 is 2.80 bits per heavy atom. The van der Waals surface area contributed by atoms with Gasteiger partial charge in [-0.2, -0.15) is 0 Å². The van der Waals surface area contributed by atoms with Gasteiger partial charge < -0.3 is 14.8 Å². The fraction of sp³-hybridized carbons (Fsp3) is 0.267. The third-order valence-corrected chi connectivity index (χ3v) is 3.87. The van der Waals surface area contributed by atoms with Crippen molar-refractivity contribution < 1.29 is 28.6 Å². The van der Waals surface area contributed by atoms with E-state index < -0.39 is 36.0 Å². The summed E-state index contributed by atoms with van der Waals surface area (Å²) in [4.78, 5) is 27.5. The summed E-state index contributed by atoms with van der Waals surface area (Å²) in [7, 11) is 0. The number of alkyl halides is 1. The van der Waals surface area contributed by atoms with Crippen LogP contribution in [0.3, 0.4) is 0 Å². The second-order valence-corrected chi connectivity index (χ2v) is 5.40. The van der Waals surface area contributed by atoms with Crippen molar-refractivity contribution in [3.05, 3.63) is 36.2 Å². The summed E-state index contributed by atoms with van der Waals surface area (Å²) < 4.78 is 28.2. The molecule has 0 fully saturated rings. The minimum atomic E-state index is -1.46. The van der Waals surface area contributed by atoms with Crippen LogP contribution in [0.2, 0.25) is 0 Å². The Balaban J connectivity index is 2.18. The lowest BCUT2D eigenvalue weighted by molar-refractivity contribution is -0.146. The number of halogens is 2. The first-order valence-electron chi connectivity index (χ1n) is 7.34. The summed E-state index contributed by atoms with van der Waals surface area (Å²) in [5.41, 5.74) is 2.21. The number of hydrogen-bond donors (Lipinski definition) is 3.